The molecule has 1 fully saturated rings. The van der Waals surface area contributed by atoms with Crippen LogP contribution in [0.3, 0.4) is 0 Å². The molecule has 1 aliphatic heterocycles. The van der Waals surface area contributed by atoms with Crippen molar-refractivity contribution >= 4 is 5.78 Å². The van der Waals surface area contributed by atoms with Gasteiger partial charge in [0.25, 0.3) is 0 Å². The highest BCUT2D eigenvalue weighted by molar-refractivity contribution is 5.82. The molecule has 1 aromatic carbocycles. The highest BCUT2D eigenvalue weighted by atomic mass is 16.1. The van der Waals surface area contributed by atoms with Gasteiger partial charge in [-0.3, -0.25) is 9.69 Å². The van der Waals surface area contributed by atoms with E-state index in [1.54, 1.807) is 0 Å². The highest BCUT2D eigenvalue weighted by Crippen LogP contribution is 2.21. The molecule has 0 spiro atoms. The Kier molecular flexibility index (Phi) is 3.39. The van der Waals surface area contributed by atoms with Gasteiger partial charge in [-0.25, -0.2) is 0 Å². The summed E-state index contributed by atoms with van der Waals surface area (Å²) in [4.78, 5) is 14.0. The molecule has 16 heavy (non-hydrogen) atoms. The number of piperidine rings is 1. The van der Waals surface area contributed by atoms with Gasteiger partial charge in [-0.05, 0) is 12.5 Å². The first-order valence-corrected chi connectivity index (χ1v) is 5.99. The van der Waals surface area contributed by atoms with Gasteiger partial charge < -0.3 is 0 Å². The Labute approximate surface area is 97.3 Å². The third kappa shape index (κ3) is 2.33. The van der Waals surface area contributed by atoms with Crippen molar-refractivity contribution in [1.29, 1.82) is 0 Å². The van der Waals surface area contributed by atoms with E-state index in [0.717, 1.165) is 13.1 Å². The Balaban J connectivity index is 2.03. The van der Waals surface area contributed by atoms with Crippen molar-refractivity contribution in [3.8, 4) is 0 Å². The van der Waals surface area contributed by atoms with E-state index in [4.69, 9.17) is 0 Å². The van der Waals surface area contributed by atoms with Gasteiger partial charge in [-0.1, -0.05) is 37.3 Å². The van der Waals surface area contributed by atoms with Crippen molar-refractivity contribution in [3.05, 3.63) is 35.9 Å². The summed E-state index contributed by atoms with van der Waals surface area (Å²) in [7, 11) is 0. The van der Waals surface area contributed by atoms with Crippen LogP contribution in [0.2, 0.25) is 0 Å². The predicted octanol–water partition coefficient (Wildman–Crippen LogP) is 2.49. The van der Waals surface area contributed by atoms with E-state index in [1.165, 1.54) is 5.56 Å². The van der Waals surface area contributed by atoms with Crippen LogP contribution in [0.1, 0.15) is 25.8 Å². The van der Waals surface area contributed by atoms with Gasteiger partial charge >= 0.3 is 0 Å². The SMILES string of the molecule is CC1C(=O)CCN(Cc2ccccc2)C1C. The normalized spacial score (nSPS) is 27.0. The summed E-state index contributed by atoms with van der Waals surface area (Å²) < 4.78 is 0. The maximum absolute atomic E-state index is 11.6. The Hall–Kier alpha value is -1.15. The zero-order chi connectivity index (χ0) is 11.5. The van der Waals surface area contributed by atoms with Crippen LogP contribution in [0.5, 0.6) is 0 Å². The van der Waals surface area contributed by atoms with Crippen LogP contribution in [0.15, 0.2) is 30.3 Å². The van der Waals surface area contributed by atoms with Gasteiger partial charge in [0.2, 0.25) is 0 Å². The van der Waals surface area contributed by atoms with Gasteiger partial charge in [0.05, 0.1) is 0 Å². The van der Waals surface area contributed by atoms with E-state index < -0.39 is 0 Å². The number of rotatable bonds is 2. The summed E-state index contributed by atoms with van der Waals surface area (Å²) in [5.41, 5.74) is 1.33. The van der Waals surface area contributed by atoms with Crippen molar-refractivity contribution in [2.75, 3.05) is 6.54 Å². The predicted molar refractivity (Wildman–Crippen MR) is 65.1 cm³/mol. The maximum Gasteiger partial charge on any atom is 0.138 e. The smallest absolute Gasteiger partial charge is 0.138 e. The van der Waals surface area contributed by atoms with E-state index in [2.05, 4.69) is 36.1 Å². The summed E-state index contributed by atoms with van der Waals surface area (Å²) in [6.07, 6.45) is 0.707. The van der Waals surface area contributed by atoms with Gasteiger partial charge in [0.1, 0.15) is 5.78 Å². The quantitative estimate of drug-likeness (QED) is 0.758. The molecule has 1 aromatic rings. The number of likely N-dealkylation sites (tertiary alicyclic amines) is 1. The van der Waals surface area contributed by atoms with Gasteiger partial charge in [0.15, 0.2) is 0 Å². The Bertz CT molecular complexity index is 360. The largest absolute Gasteiger partial charge is 0.299 e. The fourth-order valence-corrected chi connectivity index (χ4v) is 2.31. The van der Waals surface area contributed by atoms with Crippen LogP contribution in [0.25, 0.3) is 0 Å². The standard InChI is InChI=1S/C14H19NO/c1-11-12(2)15(9-8-14(11)16)10-13-6-4-3-5-7-13/h3-7,11-12H,8-10H2,1-2H3. The van der Waals surface area contributed by atoms with Gasteiger partial charge in [-0.2, -0.15) is 0 Å². The lowest BCUT2D eigenvalue weighted by Crippen LogP contribution is -2.46. The minimum absolute atomic E-state index is 0.178. The molecular formula is C14H19NO. The molecule has 0 amide bonds. The second-order valence-electron chi connectivity index (χ2n) is 4.70. The second kappa shape index (κ2) is 4.79. The fourth-order valence-electron chi connectivity index (χ4n) is 2.31. The van der Waals surface area contributed by atoms with E-state index in [1.807, 2.05) is 13.0 Å². The molecule has 2 atom stereocenters. The second-order valence-corrected chi connectivity index (χ2v) is 4.70. The Morgan fingerprint density at radius 2 is 1.94 bits per heavy atom. The van der Waals surface area contributed by atoms with E-state index in [0.29, 0.717) is 18.2 Å². The summed E-state index contributed by atoms with van der Waals surface area (Å²) in [5, 5.41) is 0. The number of carbonyl (C=O) groups excluding carboxylic acids is 1. The third-order valence-corrected chi connectivity index (χ3v) is 3.68. The lowest BCUT2D eigenvalue weighted by atomic mass is 9.90. The number of carbonyl (C=O) groups is 1. The first-order chi connectivity index (χ1) is 7.68. The Morgan fingerprint density at radius 1 is 1.25 bits per heavy atom. The van der Waals surface area contributed by atoms with Crippen LogP contribution in [-0.2, 0) is 11.3 Å². The summed E-state index contributed by atoms with van der Waals surface area (Å²) >= 11 is 0. The first kappa shape index (κ1) is 11.3. The van der Waals surface area contributed by atoms with Gasteiger partial charge in [-0.15, -0.1) is 0 Å². The lowest BCUT2D eigenvalue weighted by molar-refractivity contribution is -0.128. The molecule has 2 heteroatoms. The number of ketones is 1. The van der Waals surface area contributed by atoms with Crippen molar-refractivity contribution in [2.24, 2.45) is 5.92 Å². The maximum atomic E-state index is 11.6. The number of benzene rings is 1. The molecule has 0 N–H and O–H groups in total. The average molecular weight is 217 g/mol. The van der Waals surface area contributed by atoms with Crippen LogP contribution >= 0.6 is 0 Å². The van der Waals surface area contributed by atoms with Crippen LogP contribution in [-0.4, -0.2) is 23.3 Å². The Morgan fingerprint density at radius 3 is 2.62 bits per heavy atom. The number of hydrogen-bond acceptors (Lipinski definition) is 2. The molecule has 2 unspecified atom stereocenters. The van der Waals surface area contributed by atoms with E-state index >= 15 is 0 Å². The molecule has 2 rings (SSSR count). The van der Waals surface area contributed by atoms with Gasteiger partial charge in [0, 0.05) is 31.5 Å². The molecule has 1 heterocycles. The van der Waals surface area contributed by atoms with Crippen molar-refractivity contribution in [2.45, 2.75) is 32.9 Å². The molecular weight excluding hydrogens is 198 g/mol. The number of hydrogen-bond donors (Lipinski definition) is 0. The molecule has 86 valence electrons. The average Bonchev–Trinajstić information content (AvgIpc) is 2.31. The monoisotopic (exact) mass is 217 g/mol. The minimum atomic E-state index is 0.178. The molecule has 0 aromatic heterocycles. The summed E-state index contributed by atoms with van der Waals surface area (Å²) in [6.45, 7) is 6.06. The third-order valence-electron chi connectivity index (χ3n) is 3.68. The highest BCUT2D eigenvalue weighted by Gasteiger charge is 2.30. The number of Topliss-reactive ketones (excluding diaryl/α,β-unsaturated/α-hetero) is 1. The lowest BCUT2D eigenvalue weighted by Gasteiger charge is -2.36. The van der Waals surface area contributed by atoms with Crippen LogP contribution in [0.4, 0.5) is 0 Å². The molecule has 2 nitrogen and oxygen atoms in total. The molecule has 1 aliphatic rings. The van der Waals surface area contributed by atoms with Crippen molar-refractivity contribution in [1.82, 2.24) is 4.90 Å². The zero-order valence-corrected chi connectivity index (χ0v) is 10.0. The minimum Gasteiger partial charge on any atom is -0.299 e. The molecule has 0 saturated carbocycles. The molecule has 0 aliphatic carbocycles. The molecule has 1 saturated heterocycles. The summed E-state index contributed by atoms with van der Waals surface area (Å²) in [6, 6.07) is 10.8. The zero-order valence-electron chi connectivity index (χ0n) is 10.0. The van der Waals surface area contributed by atoms with Crippen LogP contribution < -0.4 is 0 Å². The first-order valence-electron chi connectivity index (χ1n) is 5.99. The van der Waals surface area contributed by atoms with E-state index in [-0.39, 0.29) is 5.92 Å². The topological polar surface area (TPSA) is 20.3 Å². The fraction of sp³-hybridized carbons (Fsp3) is 0.500. The van der Waals surface area contributed by atoms with Crippen LogP contribution in [0, 0.1) is 5.92 Å². The summed E-state index contributed by atoms with van der Waals surface area (Å²) in [5.74, 6) is 0.592. The molecule has 0 radical (unpaired) electrons. The number of nitrogens with zero attached hydrogens (tertiary/aromatic N) is 1. The molecule has 0 bridgehead atoms. The van der Waals surface area contributed by atoms with E-state index in [9.17, 15) is 4.79 Å². The van der Waals surface area contributed by atoms with Crippen molar-refractivity contribution in [3.63, 3.8) is 0 Å². The van der Waals surface area contributed by atoms with Crippen molar-refractivity contribution < 1.29 is 4.79 Å².